The van der Waals surface area contributed by atoms with Gasteiger partial charge < -0.3 is 48.7 Å². The second kappa shape index (κ2) is 24.4. The summed E-state index contributed by atoms with van der Waals surface area (Å²) in [6.07, 6.45) is 1.71. The lowest BCUT2D eigenvalue weighted by atomic mass is 9.90. The molecule has 2 N–H and O–H groups in total. The van der Waals surface area contributed by atoms with Crippen LogP contribution < -0.4 is 15.5 Å². The second-order valence-electron chi connectivity index (χ2n) is 11.5. The van der Waals surface area contributed by atoms with Crippen LogP contribution in [0, 0.1) is 0 Å². The molecule has 2 atom stereocenters. The summed E-state index contributed by atoms with van der Waals surface area (Å²) in [7, 11) is 0. The first-order chi connectivity index (χ1) is 23.9. The van der Waals surface area contributed by atoms with Crippen molar-refractivity contribution in [2.24, 2.45) is 0 Å². The first-order valence-corrected chi connectivity index (χ1v) is 17.6. The van der Waals surface area contributed by atoms with Crippen molar-refractivity contribution in [2.45, 2.75) is 45.7 Å². The van der Waals surface area contributed by atoms with Crippen molar-refractivity contribution in [3.63, 3.8) is 0 Å². The molecule has 274 valence electrons. The summed E-state index contributed by atoms with van der Waals surface area (Å²) in [6, 6.07) is 12.9. The highest BCUT2D eigenvalue weighted by atomic mass is 35.5. The molecule has 49 heavy (non-hydrogen) atoms. The number of amides is 2. The van der Waals surface area contributed by atoms with Crippen LogP contribution in [0.5, 0.6) is 0 Å². The van der Waals surface area contributed by atoms with Gasteiger partial charge in [0.25, 0.3) is 5.91 Å². The molecule has 0 saturated heterocycles. The maximum Gasteiger partial charge on any atom is 0.251 e. The molecule has 2 aromatic rings. The Bertz CT molecular complexity index is 1220. The number of hydrogen-bond donors (Lipinski definition) is 2. The Kier molecular flexibility index (Phi) is 20.2. The van der Waals surface area contributed by atoms with E-state index in [1.54, 1.807) is 17.9 Å². The molecular weight excluding hydrogens is 654 g/mol. The number of halogens is 1. The molecule has 1 aliphatic rings. The number of carbonyl (C=O) groups is 2. The minimum Gasteiger partial charge on any atom is -0.379 e. The van der Waals surface area contributed by atoms with Crippen LogP contribution in [0.2, 0.25) is 5.02 Å². The van der Waals surface area contributed by atoms with Gasteiger partial charge in [-0.05, 0) is 67.8 Å². The van der Waals surface area contributed by atoms with Gasteiger partial charge in [0.1, 0.15) is 0 Å². The third kappa shape index (κ3) is 15.7. The maximum atomic E-state index is 13.0. The smallest absolute Gasteiger partial charge is 0.251 e. The third-order valence-electron chi connectivity index (χ3n) is 7.58. The number of nitrogens with zero attached hydrogens (tertiary/aromatic N) is 1. The zero-order valence-electron chi connectivity index (χ0n) is 29.2. The number of hydrogen-bond acceptors (Lipinski definition) is 10. The third-order valence-corrected chi connectivity index (χ3v) is 7.83. The summed E-state index contributed by atoms with van der Waals surface area (Å²) in [5.74, 6) is -0.238. The fraction of sp³-hybridized carbons (Fsp3) is 0.611. The van der Waals surface area contributed by atoms with E-state index < -0.39 is 0 Å². The number of carbonyl (C=O) groups excluding carboxylic acids is 2. The van der Waals surface area contributed by atoms with Crippen molar-refractivity contribution in [3.8, 4) is 0 Å². The van der Waals surface area contributed by atoms with E-state index in [9.17, 15) is 9.59 Å². The van der Waals surface area contributed by atoms with Crippen molar-refractivity contribution in [1.82, 2.24) is 5.32 Å². The Morgan fingerprint density at radius 3 is 1.71 bits per heavy atom. The van der Waals surface area contributed by atoms with Gasteiger partial charge in [-0.25, -0.2) is 0 Å². The highest BCUT2D eigenvalue weighted by Gasteiger charge is 2.33. The van der Waals surface area contributed by atoms with E-state index in [0.717, 1.165) is 30.0 Å². The molecule has 2 amide bonds. The fourth-order valence-electron chi connectivity index (χ4n) is 5.27. The van der Waals surface area contributed by atoms with Crippen LogP contribution in [0.15, 0.2) is 42.5 Å². The standard InChI is InChI=1S/C36H54ClN3O9/c1-4-12-43-14-16-45-18-20-47-22-24-49-25-23-48-21-19-46-17-15-44-13-11-38-36(42)30-5-10-35-33(27-30)34(26-28(2)40(35)29(3)41)39-32-8-6-31(37)7-9-32/h5-10,27-28,34,39H,4,11-26H2,1-3H3,(H,38,42)/t28-,34+/m0/s1. The molecule has 0 fully saturated rings. The van der Waals surface area contributed by atoms with Gasteiger partial charge in [0, 0.05) is 48.1 Å². The van der Waals surface area contributed by atoms with Crippen LogP contribution in [-0.4, -0.2) is 117 Å². The Hall–Kier alpha value is -2.81. The molecule has 13 heteroatoms. The number of rotatable bonds is 26. The molecule has 0 saturated carbocycles. The molecule has 0 aromatic heterocycles. The zero-order valence-corrected chi connectivity index (χ0v) is 30.0. The lowest BCUT2D eigenvalue weighted by molar-refractivity contribution is -0.117. The monoisotopic (exact) mass is 707 g/mol. The molecule has 0 aliphatic carbocycles. The van der Waals surface area contributed by atoms with Crippen LogP contribution in [0.4, 0.5) is 11.4 Å². The molecule has 1 aliphatic heterocycles. The summed E-state index contributed by atoms with van der Waals surface area (Å²) in [4.78, 5) is 27.3. The van der Waals surface area contributed by atoms with Gasteiger partial charge in [-0.3, -0.25) is 9.59 Å². The maximum absolute atomic E-state index is 13.0. The summed E-state index contributed by atoms with van der Waals surface area (Å²) < 4.78 is 38.3. The van der Waals surface area contributed by atoms with Crippen LogP contribution >= 0.6 is 11.6 Å². The van der Waals surface area contributed by atoms with Gasteiger partial charge in [0.15, 0.2) is 0 Å². The zero-order chi connectivity index (χ0) is 35.1. The lowest BCUT2D eigenvalue weighted by Crippen LogP contribution is -2.43. The van der Waals surface area contributed by atoms with Crippen molar-refractivity contribution >= 4 is 34.8 Å². The van der Waals surface area contributed by atoms with Crippen LogP contribution in [0.25, 0.3) is 0 Å². The van der Waals surface area contributed by atoms with E-state index in [2.05, 4.69) is 17.6 Å². The van der Waals surface area contributed by atoms with Gasteiger partial charge in [0.05, 0.1) is 91.9 Å². The number of anilines is 2. The Morgan fingerprint density at radius 1 is 0.735 bits per heavy atom. The van der Waals surface area contributed by atoms with Crippen LogP contribution in [0.1, 0.15) is 55.6 Å². The Morgan fingerprint density at radius 2 is 1.22 bits per heavy atom. The number of ether oxygens (including phenoxy) is 7. The van der Waals surface area contributed by atoms with Crippen molar-refractivity contribution in [1.29, 1.82) is 0 Å². The normalized spacial score (nSPS) is 15.6. The van der Waals surface area contributed by atoms with E-state index in [1.807, 2.05) is 43.3 Å². The lowest BCUT2D eigenvalue weighted by Gasteiger charge is -2.39. The van der Waals surface area contributed by atoms with Crippen molar-refractivity contribution in [3.05, 3.63) is 58.6 Å². The Balaban J connectivity index is 1.21. The minimum atomic E-state index is -0.205. The van der Waals surface area contributed by atoms with E-state index in [1.165, 1.54) is 0 Å². The molecular formula is C36H54ClN3O9. The first kappa shape index (κ1) is 40.6. The van der Waals surface area contributed by atoms with Crippen LogP contribution in [-0.2, 0) is 38.0 Å². The highest BCUT2D eigenvalue weighted by Crippen LogP contribution is 2.39. The molecule has 2 aromatic carbocycles. The van der Waals surface area contributed by atoms with Gasteiger partial charge in [-0.15, -0.1) is 0 Å². The largest absolute Gasteiger partial charge is 0.379 e. The molecule has 0 spiro atoms. The molecule has 3 rings (SSSR count). The molecule has 0 radical (unpaired) electrons. The van der Waals surface area contributed by atoms with Crippen LogP contribution in [0.3, 0.4) is 0 Å². The molecule has 0 unspecified atom stereocenters. The predicted molar refractivity (Wildman–Crippen MR) is 190 cm³/mol. The van der Waals surface area contributed by atoms with Crippen molar-refractivity contribution < 1.29 is 42.7 Å². The van der Waals surface area contributed by atoms with Gasteiger partial charge in [0.2, 0.25) is 5.91 Å². The molecule has 12 nitrogen and oxygen atoms in total. The van der Waals surface area contributed by atoms with E-state index in [0.29, 0.717) is 109 Å². The average Bonchev–Trinajstić information content (AvgIpc) is 3.09. The molecule has 1 heterocycles. The number of nitrogens with one attached hydrogen (secondary N) is 2. The highest BCUT2D eigenvalue weighted by molar-refractivity contribution is 6.30. The SMILES string of the molecule is CCCOCCOCCOCCOCCOCCOCCOCCNC(=O)c1ccc2c(c1)[C@H](Nc1ccc(Cl)cc1)C[C@H](C)N2C(C)=O. The average molecular weight is 708 g/mol. The number of benzene rings is 2. The topological polar surface area (TPSA) is 126 Å². The van der Waals surface area contributed by atoms with E-state index >= 15 is 0 Å². The van der Waals surface area contributed by atoms with E-state index in [4.69, 9.17) is 44.8 Å². The number of fused-ring (bicyclic) bond motifs is 1. The second-order valence-corrected chi connectivity index (χ2v) is 11.9. The fourth-order valence-corrected chi connectivity index (χ4v) is 5.40. The minimum absolute atomic E-state index is 0.00296. The predicted octanol–water partition coefficient (Wildman–Crippen LogP) is 4.89. The van der Waals surface area contributed by atoms with Gasteiger partial charge in [-0.2, -0.15) is 0 Å². The van der Waals surface area contributed by atoms with Crippen molar-refractivity contribution in [2.75, 3.05) is 109 Å². The summed E-state index contributed by atoms with van der Waals surface area (Å²) in [5, 5.41) is 7.12. The first-order valence-electron chi connectivity index (χ1n) is 17.2. The Labute approximate surface area is 296 Å². The van der Waals surface area contributed by atoms with E-state index in [-0.39, 0.29) is 23.9 Å². The quantitative estimate of drug-likeness (QED) is 0.131. The molecule has 0 bridgehead atoms. The van der Waals surface area contributed by atoms with Gasteiger partial charge >= 0.3 is 0 Å². The summed E-state index contributed by atoms with van der Waals surface area (Å²) in [5.41, 5.74) is 3.14. The summed E-state index contributed by atoms with van der Waals surface area (Å²) in [6.45, 7) is 13.2. The summed E-state index contributed by atoms with van der Waals surface area (Å²) >= 11 is 6.06. The van der Waals surface area contributed by atoms with Gasteiger partial charge in [-0.1, -0.05) is 18.5 Å².